The molecule has 13 aromatic carbocycles. The third-order valence-corrected chi connectivity index (χ3v) is 22.4. The van der Waals surface area contributed by atoms with Gasteiger partial charge in [-0.1, -0.05) is 255 Å². The number of hydrogen-bond donors (Lipinski definition) is 0. The molecule has 6 nitrogen and oxygen atoms in total. The quantitative estimate of drug-likeness (QED) is 0.128. The molecule has 0 amide bonds. The fraction of sp³-hybridized carbons (Fsp3) is 0.0217. The number of allylic oxidation sites excluding steroid dienone is 4. The smallest absolute Gasteiger partial charge is 0.161 e. The number of aromatic nitrogens is 4. The molecule has 19 aromatic rings. The molecule has 468 valence electrons. The van der Waals surface area contributed by atoms with Gasteiger partial charge in [0.15, 0.2) is 11.6 Å². The van der Waals surface area contributed by atoms with Crippen molar-refractivity contribution in [3.63, 3.8) is 0 Å². The van der Waals surface area contributed by atoms with E-state index in [4.69, 9.17) is 28.8 Å². The molecule has 8 heteroatoms. The van der Waals surface area contributed by atoms with Crippen LogP contribution < -0.4 is 0 Å². The van der Waals surface area contributed by atoms with Crippen molar-refractivity contribution >= 4 is 107 Å². The van der Waals surface area contributed by atoms with Crippen LogP contribution in [0.2, 0.25) is 0 Å². The maximum absolute atomic E-state index is 6.49. The normalized spacial score (nSPS) is 13.2. The lowest BCUT2D eigenvalue weighted by Crippen LogP contribution is -1.98. The van der Waals surface area contributed by atoms with E-state index in [1.54, 1.807) is 0 Å². The largest absolute Gasteiger partial charge is 0.456 e. The molecule has 0 fully saturated rings. The lowest BCUT2D eigenvalue weighted by Gasteiger charge is -2.16. The van der Waals surface area contributed by atoms with Crippen molar-refractivity contribution in [3.05, 3.63) is 327 Å². The number of rotatable bonds is 11. The Morgan fingerprint density at radius 3 is 1.50 bits per heavy atom. The summed E-state index contributed by atoms with van der Waals surface area (Å²) >= 11 is 3.64. The molecule has 0 unspecified atom stereocenters. The Kier molecular flexibility index (Phi) is 13.7. The summed E-state index contributed by atoms with van der Waals surface area (Å²) in [5.74, 6) is 1.64. The van der Waals surface area contributed by atoms with Gasteiger partial charge in [-0.25, -0.2) is 19.9 Å². The van der Waals surface area contributed by atoms with Crippen LogP contribution in [0.5, 0.6) is 0 Å². The van der Waals surface area contributed by atoms with Gasteiger partial charge >= 0.3 is 0 Å². The Morgan fingerprint density at radius 2 is 0.770 bits per heavy atom. The zero-order valence-electron chi connectivity index (χ0n) is 53.8. The van der Waals surface area contributed by atoms with Gasteiger partial charge in [0.25, 0.3) is 0 Å². The second-order valence-electron chi connectivity index (χ2n) is 25.8. The van der Waals surface area contributed by atoms with Crippen molar-refractivity contribution in [2.24, 2.45) is 0 Å². The molecule has 0 N–H and O–H groups in total. The molecule has 1 aliphatic rings. The predicted molar refractivity (Wildman–Crippen MR) is 418 cm³/mol. The molecule has 100 heavy (non-hydrogen) atoms. The molecular weight excluding hydrogens is 1260 g/mol. The zero-order valence-corrected chi connectivity index (χ0v) is 55.4. The van der Waals surface area contributed by atoms with Gasteiger partial charge < -0.3 is 8.83 Å². The summed E-state index contributed by atoms with van der Waals surface area (Å²) in [5.41, 5.74) is 23.1. The van der Waals surface area contributed by atoms with E-state index < -0.39 is 0 Å². The number of hydrogen-bond acceptors (Lipinski definition) is 8. The minimum absolute atomic E-state index is 0.363. The van der Waals surface area contributed by atoms with Crippen LogP contribution in [0.3, 0.4) is 0 Å². The van der Waals surface area contributed by atoms with Gasteiger partial charge in [-0.05, 0) is 123 Å². The average molecular weight is 1310 g/mol. The number of fused-ring (bicyclic) bond motifs is 12. The Balaban J connectivity index is 0.715. The van der Waals surface area contributed by atoms with Crippen molar-refractivity contribution < 1.29 is 8.83 Å². The van der Waals surface area contributed by atoms with Crippen LogP contribution in [0.15, 0.2) is 330 Å². The van der Waals surface area contributed by atoms with Crippen molar-refractivity contribution in [1.82, 2.24) is 19.9 Å². The van der Waals surface area contributed by atoms with Crippen LogP contribution in [0, 0.1) is 0 Å². The standard InChI is InChI=1S/C92H56N4O2S2/c1-3-19-55(20-4-1)57-39-43-59(44-40-57)63-23-7-9-25-66(63)77-53-79(94-91(93-77)62-47-49-83-75(52-62)68-27-11-13-35-81(68)97-83)70-31-15-30-69-76-51-61(48-50-85(76)99-89(69)70)65-29-18-38-86-88(65)73-33-16-32-71(90(73)100-86)80-54-78(95-92(96-80)74-34-17-37-84-87(74)72-28-12-14-36-82(72)98-84)67-26-10-8-24-64(67)60-45-41-58(42-46-60)56-21-5-2-6-22-56/h1-21,23-54,56H,22H2/t56-/m1/s1. The second kappa shape index (κ2) is 23.7. The van der Waals surface area contributed by atoms with Crippen molar-refractivity contribution in [1.29, 1.82) is 0 Å². The predicted octanol–water partition coefficient (Wildman–Crippen LogP) is 26.1. The molecule has 20 rings (SSSR count). The average Bonchev–Trinajstić information content (AvgIpc) is 1.56. The molecular formula is C92H56N4O2S2. The Bertz CT molecular complexity index is 6570. The minimum Gasteiger partial charge on any atom is -0.456 e. The van der Waals surface area contributed by atoms with E-state index in [1.165, 1.54) is 62.6 Å². The van der Waals surface area contributed by atoms with E-state index in [9.17, 15) is 0 Å². The van der Waals surface area contributed by atoms with Crippen molar-refractivity contribution in [3.8, 4) is 112 Å². The van der Waals surface area contributed by atoms with Gasteiger partial charge in [-0.15, -0.1) is 22.7 Å². The SMILES string of the molecule is C1=CC[C@H](c2ccc(-c3ccccc3-c3cc(-c4cccc5c4sc4cccc(-c6ccc7sc8c(-c9cc(-c%10ccccc%10-c%10ccc(-c%11ccccc%11)cc%10)nc(-c%10ccc%11oc%12ccccc%12c%11c%10)n9)cccc8c7c6)c45)nc(-c4cccc5oc6ccccc6c45)n3)cc2)C=C1. The second-order valence-corrected chi connectivity index (χ2v) is 27.9. The lowest BCUT2D eigenvalue weighted by molar-refractivity contribution is 0.668. The first-order chi connectivity index (χ1) is 49.5. The summed E-state index contributed by atoms with van der Waals surface area (Å²) in [6.45, 7) is 0. The van der Waals surface area contributed by atoms with Gasteiger partial charge in [0.1, 0.15) is 22.3 Å². The molecule has 6 heterocycles. The zero-order chi connectivity index (χ0) is 65.8. The van der Waals surface area contributed by atoms with Crippen molar-refractivity contribution in [2.75, 3.05) is 0 Å². The van der Waals surface area contributed by atoms with Crippen LogP contribution in [-0.4, -0.2) is 19.9 Å². The van der Waals surface area contributed by atoms with Gasteiger partial charge in [-0.2, -0.15) is 0 Å². The Hall–Kier alpha value is -12.5. The van der Waals surface area contributed by atoms with Crippen molar-refractivity contribution in [2.45, 2.75) is 12.3 Å². The topological polar surface area (TPSA) is 77.8 Å². The summed E-state index contributed by atoms with van der Waals surface area (Å²) in [6.07, 6.45) is 9.83. The number of nitrogens with zero attached hydrogens (tertiary/aromatic N) is 4. The minimum atomic E-state index is 0.363. The molecule has 0 radical (unpaired) electrons. The number of benzene rings is 13. The molecule has 1 atom stereocenters. The molecule has 0 bridgehead atoms. The number of para-hydroxylation sites is 2. The van der Waals surface area contributed by atoms with Crippen LogP contribution in [0.4, 0.5) is 0 Å². The molecule has 0 saturated carbocycles. The molecule has 0 aliphatic heterocycles. The summed E-state index contributed by atoms with van der Waals surface area (Å²) in [7, 11) is 0. The summed E-state index contributed by atoms with van der Waals surface area (Å²) in [6, 6.07) is 106. The van der Waals surface area contributed by atoms with E-state index in [0.717, 1.165) is 134 Å². The van der Waals surface area contributed by atoms with Gasteiger partial charge in [-0.3, -0.25) is 0 Å². The summed E-state index contributed by atoms with van der Waals surface area (Å²) in [5, 5.41) is 8.89. The summed E-state index contributed by atoms with van der Waals surface area (Å²) < 4.78 is 17.6. The van der Waals surface area contributed by atoms with Gasteiger partial charge in [0.2, 0.25) is 0 Å². The van der Waals surface area contributed by atoms with Crippen LogP contribution in [-0.2, 0) is 0 Å². The Labute approximate surface area is 583 Å². The molecule has 0 saturated heterocycles. The highest BCUT2D eigenvalue weighted by Crippen LogP contribution is 2.49. The number of thiophene rings is 2. The maximum Gasteiger partial charge on any atom is 0.161 e. The number of furan rings is 2. The lowest BCUT2D eigenvalue weighted by atomic mass is 9.90. The van der Waals surface area contributed by atoms with Gasteiger partial charge in [0, 0.05) is 101 Å². The van der Waals surface area contributed by atoms with E-state index in [2.05, 4.69) is 291 Å². The van der Waals surface area contributed by atoms with Crippen LogP contribution >= 0.6 is 22.7 Å². The first kappa shape index (κ1) is 57.8. The Morgan fingerprint density at radius 1 is 0.280 bits per heavy atom. The maximum atomic E-state index is 6.49. The monoisotopic (exact) mass is 1310 g/mol. The third-order valence-electron chi connectivity index (χ3n) is 20.0. The summed E-state index contributed by atoms with van der Waals surface area (Å²) in [4.78, 5) is 22.2. The van der Waals surface area contributed by atoms with E-state index in [1.807, 2.05) is 53.0 Å². The highest BCUT2D eigenvalue weighted by molar-refractivity contribution is 7.27. The molecule has 6 aromatic heterocycles. The molecule has 1 aliphatic carbocycles. The molecule has 0 spiro atoms. The fourth-order valence-electron chi connectivity index (χ4n) is 15.1. The van der Waals surface area contributed by atoms with Gasteiger partial charge in [0.05, 0.1) is 22.8 Å². The van der Waals surface area contributed by atoms with Crippen LogP contribution in [0.1, 0.15) is 17.9 Å². The highest BCUT2D eigenvalue weighted by atomic mass is 32.1. The third kappa shape index (κ3) is 9.82. The first-order valence-electron chi connectivity index (χ1n) is 33.8. The van der Waals surface area contributed by atoms with Crippen LogP contribution in [0.25, 0.3) is 197 Å². The highest BCUT2D eigenvalue weighted by Gasteiger charge is 2.24. The van der Waals surface area contributed by atoms with E-state index in [-0.39, 0.29) is 0 Å². The first-order valence-corrected chi connectivity index (χ1v) is 35.5. The van der Waals surface area contributed by atoms with E-state index >= 15 is 0 Å². The fourth-order valence-corrected chi connectivity index (χ4v) is 17.6. The van der Waals surface area contributed by atoms with E-state index in [0.29, 0.717) is 17.6 Å².